The highest BCUT2D eigenvalue weighted by Gasteiger charge is 2.11. The Balaban J connectivity index is 1.49. The molecule has 3 aromatic rings. The quantitative estimate of drug-likeness (QED) is 0.206. The standard InChI is InChI=1S/C23H17BrCl2FN3O3/c24-17-9-14(5-8-21(17)33-13-15-6-7-16(25)10-18(15)26)12-28-30-23(32)11-22(31)29-20-4-2-1-3-19(20)27/h1-10,12H,11,13H2,(H,29,31)(H,30,32). The predicted molar refractivity (Wildman–Crippen MR) is 130 cm³/mol. The number of ether oxygens (including phenoxy) is 1. The molecule has 3 aromatic carbocycles. The Kier molecular flexibility index (Phi) is 8.82. The van der Waals surface area contributed by atoms with Crippen LogP contribution in [-0.4, -0.2) is 18.0 Å². The van der Waals surface area contributed by atoms with Gasteiger partial charge < -0.3 is 10.1 Å². The summed E-state index contributed by atoms with van der Waals surface area (Å²) in [6, 6.07) is 16.1. The summed E-state index contributed by atoms with van der Waals surface area (Å²) < 4.78 is 20.0. The minimum absolute atomic E-state index is 0.00398. The molecule has 0 radical (unpaired) electrons. The number of para-hydroxylation sites is 1. The van der Waals surface area contributed by atoms with Crippen LogP contribution in [0.3, 0.4) is 0 Å². The van der Waals surface area contributed by atoms with Crippen LogP contribution in [0.5, 0.6) is 5.75 Å². The molecular formula is C23H17BrCl2FN3O3. The molecule has 0 aliphatic rings. The smallest absolute Gasteiger partial charge is 0.249 e. The number of rotatable bonds is 8. The van der Waals surface area contributed by atoms with Crippen molar-refractivity contribution in [3.05, 3.63) is 92.1 Å². The molecule has 0 fully saturated rings. The highest BCUT2D eigenvalue weighted by atomic mass is 79.9. The normalized spacial score (nSPS) is 10.8. The second-order valence-corrected chi connectivity index (χ2v) is 8.41. The Bertz CT molecular complexity index is 1210. The fourth-order valence-corrected chi connectivity index (χ4v) is 3.60. The minimum Gasteiger partial charge on any atom is -0.488 e. The zero-order chi connectivity index (χ0) is 23.8. The zero-order valence-corrected chi connectivity index (χ0v) is 20.0. The summed E-state index contributed by atoms with van der Waals surface area (Å²) in [5.41, 5.74) is 3.73. The van der Waals surface area contributed by atoms with Gasteiger partial charge in [-0.2, -0.15) is 5.10 Å². The van der Waals surface area contributed by atoms with Gasteiger partial charge in [0, 0.05) is 15.6 Å². The van der Waals surface area contributed by atoms with Gasteiger partial charge in [-0.05, 0) is 64.0 Å². The first-order valence-electron chi connectivity index (χ1n) is 9.54. The largest absolute Gasteiger partial charge is 0.488 e. The van der Waals surface area contributed by atoms with Gasteiger partial charge in [-0.1, -0.05) is 41.4 Å². The number of hydrogen-bond donors (Lipinski definition) is 2. The zero-order valence-electron chi connectivity index (χ0n) is 16.9. The van der Waals surface area contributed by atoms with Crippen LogP contribution >= 0.6 is 39.1 Å². The Morgan fingerprint density at radius 2 is 1.85 bits per heavy atom. The molecule has 0 unspecified atom stereocenters. The van der Waals surface area contributed by atoms with E-state index in [2.05, 4.69) is 31.8 Å². The van der Waals surface area contributed by atoms with E-state index in [4.69, 9.17) is 27.9 Å². The lowest BCUT2D eigenvalue weighted by Gasteiger charge is -2.10. The van der Waals surface area contributed by atoms with Crippen molar-refractivity contribution in [3.8, 4) is 5.75 Å². The maximum atomic E-state index is 13.5. The number of nitrogens with zero attached hydrogens (tertiary/aromatic N) is 1. The van der Waals surface area contributed by atoms with Crippen molar-refractivity contribution in [1.29, 1.82) is 0 Å². The van der Waals surface area contributed by atoms with Crippen molar-refractivity contribution in [2.75, 3.05) is 5.32 Å². The van der Waals surface area contributed by atoms with Gasteiger partial charge in [-0.25, -0.2) is 9.82 Å². The summed E-state index contributed by atoms with van der Waals surface area (Å²) >= 11 is 15.5. The van der Waals surface area contributed by atoms with Crippen LogP contribution in [0.1, 0.15) is 17.5 Å². The molecule has 33 heavy (non-hydrogen) atoms. The van der Waals surface area contributed by atoms with Crippen molar-refractivity contribution in [2.24, 2.45) is 5.10 Å². The Hall–Kier alpha value is -2.94. The molecule has 2 amide bonds. The summed E-state index contributed by atoms with van der Waals surface area (Å²) in [5.74, 6) is -1.29. The van der Waals surface area contributed by atoms with Crippen LogP contribution < -0.4 is 15.5 Å². The number of amides is 2. The lowest BCUT2D eigenvalue weighted by molar-refractivity contribution is -0.126. The third kappa shape index (κ3) is 7.56. The first kappa shape index (κ1) is 24.7. The van der Waals surface area contributed by atoms with E-state index < -0.39 is 24.1 Å². The molecule has 6 nitrogen and oxygen atoms in total. The van der Waals surface area contributed by atoms with Crippen molar-refractivity contribution < 1.29 is 18.7 Å². The molecule has 3 rings (SSSR count). The number of anilines is 1. The molecule has 0 aliphatic heterocycles. The maximum absolute atomic E-state index is 13.5. The first-order chi connectivity index (χ1) is 15.8. The summed E-state index contributed by atoms with van der Waals surface area (Å²) in [6.07, 6.45) is 0.909. The summed E-state index contributed by atoms with van der Waals surface area (Å²) in [6.45, 7) is 0.257. The lowest BCUT2D eigenvalue weighted by Crippen LogP contribution is -2.24. The molecule has 0 bridgehead atoms. The Labute approximate surface area is 207 Å². The second kappa shape index (κ2) is 11.8. The third-order valence-corrected chi connectivity index (χ3v) is 5.43. The molecule has 170 valence electrons. The van der Waals surface area contributed by atoms with Crippen LogP contribution in [0, 0.1) is 5.82 Å². The van der Waals surface area contributed by atoms with Crippen molar-refractivity contribution in [3.63, 3.8) is 0 Å². The monoisotopic (exact) mass is 551 g/mol. The van der Waals surface area contributed by atoms with E-state index in [1.54, 1.807) is 42.5 Å². The van der Waals surface area contributed by atoms with Gasteiger partial charge in [0.15, 0.2) is 0 Å². The van der Waals surface area contributed by atoms with Crippen LogP contribution in [0.25, 0.3) is 0 Å². The summed E-state index contributed by atoms with van der Waals surface area (Å²) in [4.78, 5) is 23.7. The van der Waals surface area contributed by atoms with E-state index in [9.17, 15) is 14.0 Å². The number of carbonyl (C=O) groups excluding carboxylic acids is 2. The van der Waals surface area contributed by atoms with Crippen LogP contribution in [-0.2, 0) is 16.2 Å². The number of hydrazone groups is 1. The van der Waals surface area contributed by atoms with Crippen molar-refractivity contribution >= 4 is 62.8 Å². The molecule has 0 aromatic heterocycles. The molecule has 0 atom stereocenters. The van der Waals surface area contributed by atoms with E-state index in [1.165, 1.54) is 24.4 Å². The SMILES string of the molecule is O=C(CC(=O)Nc1ccccc1F)NN=Cc1ccc(OCc2ccc(Cl)cc2Cl)c(Br)c1. The van der Waals surface area contributed by atoms with Gasteiger partial charge in [0.1, 0.15) is 24.6 Å². The maximum Gasteiger partial charge on any atom is 0.249 e. The van der Waals surface area contributed by atoms with Crippen LogP contribution in [0.2, 0.25) is 10.0 Å². The van der Waals surface area contributed by atoms with E-state index >= 15 is 0 Å². The van der Waals surface area contributed by atoms with Crippen LogP contribution in [0.4, 0.5) is 10.1 Å². The molecule has 10 heteroatoms. The Morgan fingerprint density at radius 1 is 1.06 bits per heavy atom. The fraction of sp³-hybridized carbons (Fsp3) is 0.0870. The molecule has 0 spiro atoms. The molecule has 0 saturated heterocycles. The first-order valence-corrected chi connectivity index (χ1v) is 11.1. The molecule has 0 aliphatic carbocycles. The van der Waals surface area contributed by atoms with Gasteiger partial charge in [0.25, 0.3) is 0 Å². The highest BCUT2D eigenvalue weighted by Crippen LogP contribution is 2.28. The molecule has 0 heterocycles. The average Bonchev–Trinajstić information content (AvgIpc) is 2.76. The predicted octanol–water partition coefficient (Wildman–Crippen LogP) is 5.95. The van der Waals surface area contributed by atoms with Crippen LogP contribution in [0.15, 0.2) is 70.2 Å². The molecular weight excluding hydrogens is 536 g/mol. The van der Waals surface area contributed by atoms with Crippen molar-refractivity contribution in [2.45, 2.75) is 13.0 Å². The molecule has 2 N–H and O–H groups in total. The van der Waals surface area contributed by atoms with E-state index in [1.807, 2.05) is 0 Å². The lowest BCUT2D eigenvalue weighted by atomic mass is 10.2. The summed E-state index contributed by atoms with van der Waals surface area (Å²) in [5, 5.41) is 7.23. The average molecular weight is 553 g/mol. The van der Waals surface area contributed by atoms with E-state index in [0.717, 1.165) is 5.56 Å². The highest BCUT2D eigenvalue weighted by molar-refractivity contribution is 9.10. The second-order valence-electron chi connectivity index (χ2n) is 6.71. The summed E-state index contributed by atoms with van der Waals surface area (Å²) in [7, 11) is 0. The van der Waals surface area contributed by atoms with Gasteiger partial charge in [0.05, 0.1) is 16.4 Å². The van der Waals surface area contributed by atoms with E-state index in [-0.39, 0.29) is 12.3 Å². The van der Waals surface area contributed by atoms with Gasteiger partial charge in [0.2, 0.25) is 11.8 Å². The van der Waals surface area contributed by atoms with Crippen molar-refractivity contribution in [1.82, 2.24) is 5.43 Å². The van der Waals surface area contributed by atoms with Gasteiger partial charge in [-0.3, -0.25) is 9.59 Å². The number of hydrogen-bond acceptors (Lipinski definition) is 4. The number of benzene rings is 3. The van der Waals surface area contributed by atoms with Gasteiger partial charge in [-0.15, -0.1) is 0 Å². The van der Waals surface area contributed by atoms with E-state index in [0.29, 0.717) is 25.8 Å². The third-order valence-electron chi connectivity index (χ3n) is 4.23. The number of carbonyl (C=O) groups is 2. The van der Waals surface area contributed by atoms with Gasteiger partial charge >= 0.3 is 0 Å². The number of nitrogens with one attached hydrogen (secondary N) is 2. The minimum atomic E-state index is -0.655. The number of halogens is 4. The molecule has 0 saturated carbocycles. The fourth-order valence-electron chi connectivity index (χ4n) is 2.63. The Morgan fingerprint density at radius 3 is 2.58 bits per heavy atom. The topological polar surface area (TPSA) is 79.8 Å².